The van der Waals surface area contributed by atoms with E-state index in [0.29, 0.717) is 27.3 Å². The third-order valence-corrected chi connectivity index (χ3v) is 11.0. The second-order valence-electron chi connectivity index (χ2n) is 6.35. The Morgan fingerprint density at radius 3 is 1.95 bits per heavy atom. The van der Waals surface area contributed by atoms with E-state index in [4.69, 9.17) is 17.3 Å². The molecule has 2 N–H and O–H groups in total. The normalized spacial score (nSPS) is 11.9. The minimum absolute atomic E-state index is 0.586. The Morgan fingerprint density at radius 2 is 1.50 bits per heavy atom. The van der Waals surface area contributed by atoms with Crippen molar-refractivity contribution in [3.63, 3.8) is 0 Å². The Kier molecular flexibility index (Phi) is 5.74. The van der Waals surface area contributed by atoms with Crippen LogP contribution in [0.5, 0.6) is 0 Å². The number of benzene rings is 1. The standard InChI is InChI=1S/C17H26ClNSi/c1-12(2)20(13(3)4,14(5)6)11-10-15-8-7-9-16(18)17(15)19/h7-9,12-14H,19H2,1-6H3. The van der Waals surface area contributed by atoms with Crippen LogP contribution < -0.4 is 5.73 Å². The SMILES string of the molecule is CC(C)[Si](C#Cc1cccc(Cl)c1N)(C(C)C)C(C)C. The van der Waals surface area contributed by atoms with E-state index in [2.05, 4.69) is 53.0 Å². The molecule has 0 spiro atoms. The zero-order valence-corrected chi connectivity index (χ0v) is 15.2. The van der Waals surface area contributed by atoms with E-state index >= 15 is 0 Å². The summed E-state index contributed by atoms with van der Waals surface area (Å²) in [4.78, 5) is 0. The Bertz CT molecular complexity index is 502. The highest BCUT2D eigenvalue weighted by Crippen LogP contribution is 2.40. The second-order valence-corrected chi connectivity index (χ2v) is 12.3. The summed E-state index contributed by atoms with van der Waals surface area (Å²) in [7, 11) is -1.71. The Morgan fingerprint density at radius 1 is 1.00 bits per heavy atom. The number of rotatable bonds is 3. The highest BCUT2D eigenvalue weighted by Gasteiger charge is 2.41. The molecule has 0 bridgehead atoms. The number of para-hydroxylation sites is 1. The largest absolute Gasteiger partial charge is 0.397 e. The van der Waals surface area contributed by atoms with Crippen LogP contribution >= 0.6 is 11.6 Å². The zero-order valence-electron chi connectivity index (χ0n) is 13.4. The number of nitrogen functional groups attached to an aromatic ring is 1. The quantitative estimate of drug-likeness (QED) is 0.446. The molecule has 0 saturated carbocycles. The maximum Gasteiger partial charge on any atom is 0.146 e. The fourth-order valence-corrected chi connectivity index (χ4v) is 8.65. The predicted molar refractivity (Wildman–Crippen MR) is 93.8 cm³/mol. The maximum absolute atomic E-state index is 6.07. The molecule has 1 aromatic rings. The topological polar surface area (TPSA) is 26.0 Å². The van der Waals surface area contributed by atoms with Crippen molar-refractivity contribution in [2.45, 2.75) is 58.2 Å². The minimum atomic E-state index is -1.71. The molecule has 1 rings (SSSR count). The molecule has 0 aromatic heterocycles. The average Bonchev–Trinajstić information content (AvgIpc) is 2.33. The molecular formula is C17H26ClNSi. The van der Waals surface area contributed by atoms with Gasteiger partial charge in [0, 0.05) is 5.56 Å². The van der Waals surface area contributed by atoms with Crippen LogP contribution in [0.25, 0.3) is 0 Å². The van der Waals surface area contributed by atoms with Gasteiger partial charge in [-0.15, -0.1) is 5.54 Å². The van der Waals surface area contributed by atoms with Gasteiger partial charge in [-0.25, -0.2) is 0 Å². The van der Waals surface area contributed by atoms with Crippen LogP contribution in [0.3, 0.4) is 0 Å². The van der Waals surface area contributed by atoms with E-state index < -0.39 is 8.07 Å². The molecule has 0 aliphatic rings. The Balaban J connectivity index is 3.35. The average molecular weight is 308 g/mol. The van der Waals surface area contributed by atoms with Crippen LogP contribution in [0.4, 0.5) is 5.69 Å². The molecule has 1 nitrogen and oxygen atoms in total. The number of nitrogens with two attached hydrogens (primary N) is 1. The molecule has 0 amide bonds. The lowest BCUT2D eigenvalue weighted by molar-refractivity contribution is 0.838. The van der Waals surface area contributed by atoms with Gasteiger partial charge in [0.2, 0.25) is 0 Å². The highest BCUT2D eigenvalue weighted by molar-refractivity contribution is 6.90. The highest BCUT2D eigenvalue weighted by atomic mass is 35.5. The first-order valence-electron chi connectivity index (χ1n) is 7.30. The summed E-state index contributed by atoms with van der Waals surface area (Å²) < 4.78 is 0. The lowest BCUT2D eigenvalue weighted by Gasteiger charge is -2.38. The fourth-order valence-electron chi connectivity index (χ4n) is 3.25. The van der Waals surface area contributed by atoms with E-state index in [1.807, 2.05) is 12.1 Å². The molecule has 0 fully saturated rings. The number of halogens is 1. The first-order chi connectivity index (χ1) is 9.23. The number of hydrogen-bond acceptors (Lipinski definition) is 1. The molecule has 1 aromatic carbocycles. The van der Waals surface area contributed by atoms with Gasteiger partial charge < -0.3 is 5.73 Å². The maximum atomic E-state index is 6.07. The van der Waals surface area contributed by atoms with E-state index in [9.17, 15) is 0 Å². The third kappa shape index (κ3) is 3.21. The summed E-state index contributed by atoms with van der Waals surface area (Å²) in [6.45, 7) is 13.8. The molecule has 0 heterocycles. The van der Waals surface area contributed by atoms with Crippen molar-refractivity contribution in [3.05, 3.63) is 28.8 Å². The van der Waals surface area contributed by atoms with Gasteiger partial charge in [0.25, 0.3) is 0 Å². The van der Waals surface area contributed by atoms with Crippen molar-refractivity contribution in [3.8, 4) is 11.5 Å². The molecule has 0 saturated heterocycles. The van der Waals surface area contributed by atoms with E-state index in [1.165, 1.54) is 0 Å². The Labute approximate surface area is 129 Å². The van der Waals surface area contributed by atoms with Gasteiger partial charge in [-0.2, -0.15) is 0 Å². The van der Waals surface area contributed by atoms with Crippen LogP contribution in [0.15, 0.2) is 18.2 Å². The van der Waals surface area contributed by atoms with E-state index in [-0.39, 0.29) is 0 Å². The first-order valence-corrected chi connectivity index (χ1v) is 9.91. The van der Waals surface area contributed by atoms with Gasteiger partial charge in [-0.05, 0) is 28.8 Å². The van der Waals surface area contributed by atoms with Crippen molar-refractivity contribution >= 4 is 25.4 Å². The van der Waals surface area contributed by atoms with Crippen molar-refractivity contribution in [1.29, 1.82) is 0 Å². The van der Waals surface area contributed by atoms with Gasteiger partial charge in [-0.3, -0.25) is 0 Å². The summed E-state index contributed by atoms with van der Waals surface area (Å²) in [5, 5.41) is 0.586. The van der Waals surface area contributed by atoms with Crippen LogP contribution in [-0.4, -0.2) is 8.07 Å². The molecule has 0 radical (unpaired) electrons. The summed E-state index contributed by atoms with van der Waals surface area (Å²) in [5.41, 5.74) is 13.0. The molecule has 0 unspecified atom stereocenters. The van der Waals surface area contributed by atoms with Crippen molar-refractivity contribution in [2.24, 2.45) is 0 Å². The van der Waals surface area contributed by atoms with Crippen LogP contribution in [-0.2, 0) is 0 Å². The fraction of sp³-hybridized carbons (Fsp3) is 0.529. The summed E-state index contributed by atoms with van der Waals surface area (Å²) in [6, 6.07) is 5.67. The summed E-state index contributed by atoms with van der Waals surface area (Å²) in [6.07, 6.45) is 0. The molecule has 110 valence electrons. The monoisotopic (exact) mass is 307 g/mol. The molecule has 0 aliphatic heterocycles. The minimum Gasteiger partial charge on any atom is -0.397 e. The first kappa shape index (κ1) is 17.1. The van der Waals surface area contributed by atoms with Crippen molar-refractivity contribution in [2.75, 3.05) is 5.73 Å². The lowest BCUT2D eigenvalue weighted by Crippen LogP contribution is -2.43. The van der Waals surface area contributed by atoms with Gasteiger partial charge >= 0.3 is 0 Å². The smallest absolute Gasteiger partial charge is 0.146 e. The molecule has 0 aliphatic carbocycles. The predicted octanol–water partition coefficient (Wildman–Crippen LogP) is 5.49. The molecule has 20 heavy (non-hydrogen) atoms. The van der Waals surface area contributed by atoms with Gasteiger partial charge in [0.05, 0.1) is 10.7 Å². The van der Waals surface area contributed by atoms with Crippen LogP contribution in [0.2, 0.25) is 21.6 Å². The molecular weight excluding hydrogens is 282 g/mol. The Hall–Kier alpha value is -0.913. The second kappa shape index (κ2) is 6.69. The van der Waals surface area contributed by atoms with E-state index in [1.54, 1.807) is 6.07 Å². The summed E-state index contributed by atoms with van der Waals surface area (Å²) >= 11 is 6.07. The van der Waals surface area contributed by atoms with Gasteiger partial charge in [0.15, 0.2) is 0 Å². The van der Waals surface area contributed by atoms with E-state index in [0.717, 1.165) is 5.56 Å². The molecule has 3 heteroatoms. The summed E-state index contributed by atoms with van der Waals surface area (Å²) in [5.74, 6) is 3.34. The third-order valence-electron chi connectivity index (χ3n) is 4.33. The zero-order chi connectivity index (χ0) is 15.5. The number of anilines is 1. The van der Waals surface area contributed by atoms with Crippen LogP contribution in [0.1, 0.15) is 47.1 Å². The van der Waals surface area contributed by atoms with Crippen molar-refractivity contribution < 1.29 is 0 Å². The van der Waals surface area contributed by atoms with Crippen molar-refractivity contribution in [1.82, 2.24) is 0 Å². The number of hydrogen-bond donors (Lipinski definition) is 1. The lowest BCUT2D eigenvalue weighted by atomic mass is 10.2. The van der Waals surface area contributed by atoms with Gasteiger partial charge in [-0.1, -0.05) is 65.1 Å². The van der Waals surface area contributed by atoms with Gasteiger partial charge in [0.1, 0.15) is 8.07 Å². The molecule has 0 atom stereocenters. The van der Waals surface area contributed by atoms with Crippen LogP contribution in [0, 0.1) is 11.5 Å².